The number of rotatable bonds is 11. The van der Waals surface area contributed by atoms with Crippen LogP contribution in [0.5, 0.6) is 17.4 Å². The number of pyridine rings is 1. The molecule has 0 saturated heterocycles. The lowest BCUT2D eigenvalue weighted by Gasteiger charge is -2.16. The molecule has 4 aromatic carbocycles. The van der Waals surface area contributed by atoms with Gasteiger partial charge in [-0.1, -0.05) is 30.3 Å². The van der Waals surface area contributed by atoms with Crippen molar-refractivity contribution < 1.29 is 31.4 Å². The zero-order valence-electron chi connectivity index (χ0n) is 26.4. The standard InChI is InChI=1S/C35H29F2N5O6S/c1-46-30-13-9-21(15-31(30)47-2)19-39-35-40-28-12-10-22(16-26(28)34(43)42(35)25-7-5-4-6-8-25)23-17-29(33(48-3)38-20-23)41-49(44,45)32-14-11-24(36)18-27(32)37/h4-18,20,41H,19H2,1-3H3,(H,39,40). The Hall–Kier alpha value is -6.02. The van der Waals surface area contributed by atoms with E-state index in [1.807, 2.05) is 30.3 Å². The van der Waals surface area contributed by atoms with Gasteiger partial charge in [0.1, 0.15) is 22.2 Å². The van der Waals surface area contributed by atoms with Gasteiger partial charge in [-0.2, -0.15) is 0 Å². The first kappa shape index (κ1) is 32.9. The lowest BCUT2D eigenvalue weighted by molar-refractivity contribution is 0.354. The number of hydrogen-bond acceptors (Lipinski definition) is 9. The van der Waals surface area contributed by atoms with Crippen molar-refractivity contribution in [3.63, 3.8) is 0 Å². The number of anilines is 2. The smallest absolute Gasteiger partial charge is 0.267 e. The molecule has 0 aliphatic heterocycles. The maximum Gasteiger partial charge on any atom is 0.267 e. The molecule has 2 aromatic heterocycles. The number of nitrogens with one attached hydrogen (secondary N) is 2. The summed E-state index contributed by atoms with van der Waals surface area (Å²) >= 11 is 0. The third-order valence-corrected chi connectivity index (χ3v) is 8.99. The summed E-state index contributed by atoms with van der Waals surface area (Å²) in [5, 5.41) is 3.56. The molecule has 6 aromatic rings. The predicted octanol–water partition coefficient (Wildman–Crippen LogP) is 6.16. The number of ether oxygens (including phenoxy) is 3. The Kier molecular flexibility index (Phi) is 9.14. The molecule has 2 N–H and O–H groups in total. The number of para-hydroxylation sites is 1. The van der Waals surface area contributed by atoms with E-state index in [-0.39, 0.29) is 22.5 Å². The topological polar surface area (TPSA) is 134 Å². The molecule has 49 heavy (non-hydrogen) atoms. The summed E-state index contributed by atoms with van der Waals surface area (Å²) in [5.74, 6) is -0.810. The first-order chi connectivity index (χ1) is 23.6. The highest BCUT2D eigenvalue weighted by Crippen LogP contribution is 2.32. The van der Waals surface area contributed by atoms with Crippen LogP contribution in [0.2, 0.25) is 0 Å². The summed E-state index contributed by atoms with van der Waals surface area (Å²) in [7, 11) is -0.0974. The Balaban J connectivity index is 1.39. The van der Waals surface area contributed by atoms with Gasteiger partial charge in [-0.25, -0.2) is 31.7 Å². The van der Waals surface area contributed by atoms with Crippen LogP contribution in [0.4, 0.5) is 20.4 Å². The van der Waals surface area contributed by atoms with Gasteiger partial charge in [0.2, 0.25) is 11.8 Å². The van der Waals surface area contributed by atoms with Crippen molar-refractivity contribution in [1.82, 2.24) is 14.5 Å². The fourth-order valence-electron chi connectivity index (χ4n) is 5.21. The monoisotopic (exact) mass is 685 g/mol. The molecule has 11 nitrogen and oxygen atoms in total. The van der Waals surface area contributed by atoms with Crippen LogP contribution in [0.1, 0.15) is 5.56 Å². The lowest BCUT2D eigenvalue weighted by atomic mass is 10.0. The Morgan fingerprint density at radius 2 is 1.59 bits per heavy atom. The third kappa shape index (κ3) is 6.71. The molecular formula is C35H29F2N5O6S. The predicted molar refractivity (Wildman–Crippen MR) is 181 cm³/mol. The highest BCUT2D eigenvalue weighted by atomic mass is 32.2. The van der Waals surface area contributed by atoms with Crippen LogP contribution in [-0.2, 0) is 16.6 Å². The zero-order valence-corrected chi connectivity index (χ0v) is 27.2. The van der Waals surface area contributed by atoms with E-state index in [1.165, 1.54) is 23.9 Å². The second-order valence-electron chi connectivity index (χ2n) is 10.6. The summed E-state index contributed by atoms with van der Waals surface area (Å²) in [6, 6.07) is 23.1. The number of sulfonamides is 1. The number of halogens is 2. The molecule has 0 radical (unpaired) electrons. The number of aromatic nitrogens is 3. The van der Waals surface area contributed by atoms with E-state index >= 15 is 0 Å². The minimum atomic E-state index is -4.50. The van der Waals surface area contributed by atoms with Crippen molar-refractivity contribution >= 4 is 32.6 Å². The molecule has 0 atom stereocenters. The molecule has 0 spiro atoms. The number of benzene rings is 4. The van der Waals surface area contributed by atoms with E-state index in [0.717, 1.165) is 17.7 Å². The molecule has 0 fully saturated rings. The second kappa shape index (κ2) is 13.6. The number of nitrogens with zero attached hydrogens (tertiary/aromatic N) is 3. The van der Waals surface area contributed by atoms with Gasteiger partial charge in [0.15, 0.2) is 11.5 Å². The Morgan fingerprint density at radius 1 is 0.816 bits per heavy atom. The van der Waals surface area contributed by atoms with Gasteiger partial charge in [-0.15, -0.1) is 0 Å². The van der Waals surface area contributed by atoms with E-state index in [4.69, 9.17) is 19.2 Å². The fourth-order valence-corrected chi connectivity index (χ4v) is 6.32. The first-order valence-corrected chi connectivity index (χ1v) is 16.2. The van der Waals surface area contributed by atoms with Gasteiger partial charge in [-0.3, -0.25) is 9.52 Å². The molecule has 0 amide bonds. The molecular weight excluding hydrogens is 656 g/mol. The van der Waals surface area contributed by atoms with Gasteiger partial charge in [0, 0.05) is 24.4 Å². The quantitative estimate of drug-likeness (QED) is 0.164. The summed E-state index contributed by atoms with van der Waals surface area (Å²) in [6.07, 6.45) is 1.44. The summed E-state index contributed by atoms with van der Waals surface area (Å²) in [6.45, 7) is 0.321. The van der Waals surface area contributed by atoms with Crippen LogP contribution in [0.3, 0.4) is 0 Å². The molecule has 14 heteroatoms. The van der Waals surface area contributed by atoms with Crippen LogP contribution < -0.4 is 29.8 Å². The molecule has 6 rings (SSSR count). The summed E-state index contributed by atoms with van der Waals surface area (Å²) < 4.78 is 73.7. The minimum absolute atomic E-state index is 0.0890. The average molecular weight is 686 g/mol. The largest absolute Gasteiger partial charge is 0.493 e. The average Bonchev–Trinajstić information content (AvgIpc) is 3.10. The molecule has 0 bridgehead atoms. The summed E-state index contributed by atoms with van der Waals surface area (Å²) in [4.78, 5) is 22.4. The Morgan fingerprint density at radius 3 is 2.31 bits per heavy atom. The van der Waals surface area contributed by atoms with Crippen molar-refractivity contribution in [2.75, 3.05) is 31.4 Å². The van der Waals surface area contributed by atoms with Gasteiger partial charge in [0.05, 0.1) is 37.9 Å². The minimum Gasteiger partial charge on any atom is -0.493 e. The highest BCUT2D eigenvalue weighted by Gasteiger charge is 2.23. The van der Waals surface area contributed by atoms with E-state index in [1.54, 1.807) is 50.6 Å². The van der Waals surface area contributed by atoms with Gasteiger partial charge < -0.3 is 19.5 Å². The van der Waals surface area contributed by atoms with Crippen LogP contribution in [0.25, 0.3) is 27.7 Å². The van der Waals surface area contributed by atoms with Crippen LogP contribution in [-0.4, -0.2) is 44.3 Å². The summed E-state index contributed by atoms with van der Waals surface area (Å²) in [5.41, 5.74) is 2.33. The SMILES string of the molecule is COc1ccc(CNc2nc3ccc(-c4cnc(OC)c(NS(=O)(=O)c5ccc(F)cc5F)c4)cc3c(=O)n2-c2ccccc2)cc1OC. The van der Waals surface area contributed by atoms with Crippen LogP contribution in [0.15, 0.2) is 107 Å². The van der Waals surface area contributed by atoms with Gasteiger partial charge in [0.25, 0.3) is 15.6 Å². The van der Waals surface area contributed by atoms with Crippen LogP contribution >= 0.6 is 0 Å². The van der Waals surface area contributed by atoms with E-state index in [2.05, 4.69) is 15.0 Å². The van der Waals surface area contributed by atoms with Gasteiger partial charge >= 0.3 is 0 Å². The second-order valence-corrected chi connectivity index (χ2v) is 12.3. The number of fused-ring (bicyclic) bond motifs is 1. The normalized spacial score (nSPS) is 11.3. The zero-order chi connectivity index (χ0) is 34.7. The molecule has 0 unspecified atom stereocenters. The fraction of sp³-hybridized carbons (Fsp3) is 0.114. The van der Waals surface area contributed by atoms with Crippen molar-refractivity contribution in [3.8, 4) is 34.2 Å². The van der Waals surface area contributed by atoms with Crippen molar-refractivity contribution in [2.45, 2.75) is 11.4 Å². The molecule has 2 heterocycles. The molecule has 250 valence electrons. The third-order valence-electron chi connectivity index (χ3n) is 7.59. The van der Waals surface area contributed by atoms with Crippen LogP contribution in [0, 0.1) is 11.6 Å². The molecule has 0 aliphatic carbocycles. The highest BCUT2D eigenvalue weighted by molar-refractivity contribution is 7.92. The van der Waals surface area contributed by atoms with E-state index in [9.17, 15) is 22.0 Å². The van der Waals surface area contributed by atoms with Crippen molar-refractivity contribution in [2.24, 2.45) is 0 Å². The van der Waals surface area contributed by atoms with E-state index in [0.29, 0.717) is 52.4 Å². The van der Waals surface area contributed by atoms with Gasteiger partial charge in [-0.05, 0) is 65.7 Å². The maximum absolute atomic E-state index is 14.4. The number of hydrogen-bond donors (Lipinski definition) is 2. The molecule has 0 aliphatic rings. The Labute approximate surface area is 279 Å². The van der Waals surface area contributed by atoms with E-state index < -0.39 is 26.6 Å². The van der Waals surface area contributed by atoms with Crippen molar-refractivity contribution in [3.05, 3.63) is 125 Å². The van der Waals surface area contributed by atoms with Crippen molar-refractivity contribution in [1.29, 1.82) is 0 Å². The lowest BCUT2D eigenvalue weighted by Crippen LogP contribution is -2.23. The number of methoxy groups -OCH3 is 3. The maximum atomic E-state index is 14.4. The Bertz CT molecular complexity index is 2350. The first-order valence-electron chi connectivity index (χ1n) is 14.7. The molecule has 0 saturated carbocycles.